The predicted molar refractivity (Wildman–Crippen MR) is 97.6 cm³/mol. The Labute approximate surface area is 150 Å². The van der Waals surface area contributed by atoms with E-state index in [2.05, 4.69) is 41.1 Å². The summed E-state index contributed by atoms with van der Waals surface area (Å²) in [4.78, 5) is 19.9. The Morgan fingerprint density at radius 2 is 1.92 bits per heavy atom. The van der Waals surface area contributed by atoms with Crippen LogP contribution in [-0.4, -0.2) is 19.7 Å². The number of hydrogen-bond acceptors (Lipinski definition) is 6. The van der Waals surface area contributed by atoms with Gasteiger partial charge in [0, 0.05) is 24.4 Å². The zero-order chi connectivity index (χ0) is 17.8. The minimum absolute atomic E-state index is 0.247. The first-order valence-corrected chi connectivity index (χ1v) is 9.18. The summed E-state index contributed by atoms with van der Waals surface area (Å²) < 4.78 is 7.24. The Balaban J connectivity index is 1.72. The number of aromatic nitrogens is 4. The fourth-order valence-electron chi connectivity index (χ4n) is 2.34. The van der Waals surface area contributed by atoms with E-state index in [0.717, 1.165) is 12.1 Å². The number of aryl methyl sites for hydroxylation is 1. The molecule has 0 aliphatic heterocycles. The highest BCUT2D eigenvalue weighted by molar-refractivity contribution is 7.98. The number of thioether (sulfide) groups is 1. The van der Waals surface area contributed by atoms with Gasteiger partial charge in [0.25, 0.3) is 5.56 Å². The zero-order valence-corrected chi connectivity index (χ0v) is 15.3. The number of nitrogens with zero attached hydrogens (tertiary/aromatic N) is 4. The lowest BCUT2D eigenvalue weighted by Gasteiger charge is -2.07. The largest absolute Gasteiger partial charge is 0.338 e. The highest BCUT2D eigenvalue weighted by Crippen LogP contribution is 2.23. The van der Waals surface area contributed by atoms with E-state index in [1.165, 1.54) is 23.4 Å². The van der Waals surface area contributed by atoms with Crippen molar-refractivity contribution in [3.63, 3.8) is 0 Å². The van der Waals surface area contributed by atoms with Gasteiger partial charge >= 0.3 is 0 Å². The molecule has 1 aromatic carbocycles. The summed E-state index contributed by atoms with van der Waals surface area (Å²) in [7, 11) is 0. The summed E-state index contributed by atoms with van der Waals surface area (Å²) in [5.41, 5.74) is 1.95. The molecule has 2 heterocycles. The second-order valence-corrected chi connectivity index (χ2v) is 6.85. The molecule has 0 unspecified atom stereocenters. The van der Waals surface area contributed by atoms with Gasteiger partial charge in [0.05, 0.1) is 5.75 Å². The molecule has 0 bridgehead atoms. The van der Waals surface area contributed by atoms with Gasteiger partial charge in [0.1, 0.15) is 0 Å². The zero-order valence-electron chi connectivity index (χ0n) is 14.5. The van der Waals surface area contributed by atoms with Gasteiger partial charge in [-0.1, -0.05) is 55.0 Å². The molecule has 0 fully saturated rings. The van der Waals surface area contributed by atoms with E-state index in [4.69, 9.17) is 4.52 Å². The van der Waals surface area contributed by atoms with Gasteiger partial charge in [0.15, 0.2) is 5.16 Å². The normalized spacial score (nSPS) is 11.2. The lowest BCUT2D eigenvalue weighted by molar-refractivity contribution is 0.391. The van der Waals surface area contributed by atoms with Crippen molar-refractivity contribution < 1.29 is 4.52 Å². The Hall–Kier alpha value is -2.41. The van der Waals surface area contributed by atoms with Crippen LogP contribution < -0.4 is 5.56 Å². The Bertz CT molecular complexity index is 900. The highest BCUT2D eigenvalue weighted by Gasteiger charge is 2.11. The van der Waals surface area contributed by atoms with Crippen LogP contribution in [0.1, 0.15) is 38.1 Å². The van der Waals surface area contributed by atoms with Gasteiger partial charge in [-0.15, -0.1) is 0 Å². The van der Waals surface area contributed by atoms with Gasteiger partial charge in [-0.25, -0.2) is 0 Å². The fourth-order valence-corrected chi connectivity index (χ4v) is 3.22. The Kier molecular flexibility index (Phi) is 5.33. The average Bonchev–Trinajstić information content (AvgIpc) is 3.09. The molecule has 130 valence electrons. The van der Waals surface area contributed by atoms with E-state index in [-0.39, 0.29) is 5.56 Å². The molecule has 25 heavy (non-hydrogen) atoms. The van der Waals surface area contributed by atoms with Crippen LogP contribution in [0.5, 0.6) is 0 Å². The van der Waals surface area contributed by atoms with Crippen LogP contribution in [0.3, 0.4) is 0 Å². The third-order valence-corrected chi connectivity index (χ3v) is 4.79. The smallest absolute Gasteiger partial charge is 0.273 e. The van der Waals surface area contributed by atoms with E-state index >= 15 is 0 Å². The highest BCUT2D eigenvalue weighted by atomic mass is 32.2. The van der Waals surface area contributed by atoms with Crippen LogP contribution >= 0.6 is 11.8 Å². The third-order valence-electron chi connectivity index (χ3n) is 3.82. The predicted octanol–water partition coefficient (Wildman–Crippen LogP) is 3.73. The summed E-state index contributed by atoms with van der Waals surface area (Å²) in [6.07, 6.45) is 1.74. The van der Waals surface area contributed by atoms with E-state index < -0.39 is 0 Å². The van der Waals surface area contributed by atoms with Gasteiger partial charge in [0.2, 0.25) is 11.7 Å². The maximum atomic E-state index is 11.4. The Morgan fingerprint density at radius 1 is 1.16 bits per heavy atom. The molecule has 0 radical (unpaired) electrons. The van der Waals surface area contributed by atoms with Crippen molar-refractivity contribution in [1.29, 1.82) is 0 Å². The first-order chi connectivity index (χ1) is 12.1. The number of rotatable bonds is 6. The first-order valence-electron chi connectivity index (χ1n) is 8.20. The number of hydrogen-bond donors (Lipinski definition) is 0. The maximum Gasteiger partial charge on any atom is 0.273 e. The second kappa shape index (κ2) is 7.65. The quantitative estimate of drug-likeness (QED) is 0.495. The summed E-state index contributed by atoms with van der Waals surface area (Å²) >= 11 is 1.41. The van der Waals surface area contributed by atoms with Crippen LogP contribution in [-0.2, 0) is 12.3 Å². The molecular formula is C18H20N4O2S. The van der Waals surface area contributed by atoms with Crippen molar-refractivity contribution in [2.45, 2.75) is 44.1 Å². The standard InChI is InChI=1S/C18H20N4O2S/c1-4-22-10-9-15(23)19-18(22)25-11-16-20-17(21-24-16)14-7-5-13(6-8-14)12(2)3/h5-10,12H,4,11H2,1-3H3. The summed E-state index contributed by atoms with van der Waals surface area (Å²) in [5.74, 6) is 2.03. The van der Waals surface area contributed by atoms with E-state index in [1.54, 1.807) is 6.20 Å². The molecule has 3 aromatic rings. The van der Waals surface area contributed by atoms with Crippen LogP contribution in [0.4, 0.5) is 0 Å². The summed E-state index contributed by atoms with van der Waals surface area (Å²) in [5, 5.41) is 4.69. The lowest BCUT2D eigenvalue weighted by atomic mass is 10.0. The van der Waals surface area contributed by atoms with Gasteiger partial charge < -0.3 is 9.09 Å². The molecule has 0 saturated carbocycles. The molecule has 0 N–H and O–H groups in total. The molecule has 0 amide bonds. The van der Waals surface area contributed by atoms with Crippen LogP contribution in [0, 0.1) is 0 Å². The van der Waals surface area contributed by atoms with Crippen LogP contribution in [0.15, 0.2) is 51.0 Å². The van der Waals surface area contributed by atoms with Crippen molar-refractivity contribution in [3.05, 3.63) is 58.3 Å². The molecule has 2 aromatic heterocycles. The van der Waals surface area contributed by atoms with Gasteiger partial charge in [-0.2, -0.15) is 9.97 Å². The van der Waals surface area contributed by atoms with Crippen LogP contribution in [0.25, 0.3) is 11.4 Å². The summed E-state index contributed by atoms with van der Waals surface area (Å²) in [6, 6.07) is 9.63. The molecule has 0 spiro atoms. The molecule has 7 heteroatoms. The third kappa shape index (κ3) is 4.17. The van der Waals surface area contributed by atoms with Gasteiger partial charge in [-0.05, 0) is 18.4 Å². The molecule has 0 saturated heterocycles. The van der Waals surface area contributed by atoms with Crippen molar-refractivity contribution in [2.75, 3.05) is 0 Å². The Morgan fingerprint density at radius 3 is 2.60 bits per heavy atom. The minimum Gasteiger partial charge on any atom is -0.338 e. The van der Waals surface area contributed by atoms with Gasteiger partial charge in [-0.3, -0.25) is 4.79 Å². The maximum absolute atomic E-state index is 11.4. The number of benzene rings is 1. The van der Waals surface area contributed by atoms with Crippen LogP contribution in [0.2, 0.25) is 0 Å². The molecule has 0 atom stereocenters. The second-order valence-electron chi connectivity index (χ2n) is 5.91. The van der Waals surface area contributed by atoms with E-state index in [9.17, 15) is 4.79 Å². The first kappa shape index (κ1) is 17.4. The lowest BCUT2D eigenvalue weighted by Crippen LogP contribution is -2.12. The molecule has 0 aliphatic carbocycles. The van der Waals surface area contributed by atoms with E-state index in [0.29, 0.717) is 28.5 Å². The van der Waals surface area contributed by atoms with Crippen molar-refractivity contribution >= 4 is 11.8 Å². The van der Waals surface area contributed by atoms with Crippen molar-refractivity contribution in [1.82, 2.24) is 19.7 Å². The monoisotopic (exact) mass is 356 g/mol. The average molecular weight is 356 g/mol. The van der Waals surface area contributed by atoms with E-state index in [1.807, 2.05) is 23.6 Å². The molecule has 0 aliphatic rings. The topological polar surface area (TPSA) is 73.8 Å². The molecule has 6 nitrogen and oxygen atoms in total. The molecular weight excluding hydrogens is 336 g/mol. The summed E-state index contributed by atoms with van der Waals surface area (Å²) in [6.45, 7) is 7.06. The van der Waals surface area contributed by atoms with Crippen molar-refractivity contribution in [3.8, 4) is 11.4 Å². The van der Waals surface area contributed by atoms with Crippen molar-refractivity contribution in [2.24, 2.45) is 0 Å². The molecule has 3 rings (SSSR count). The SMILES string of the molecule is CCn1ccc(=O)nc1SCc1nc(-c2ccc(C(C)C)cc2)no1. The minimum atomic E-state index is -0.247. The fraction of sp³-hybridized carbons (Fsp3) is 0.333.